The summed E-state index contributed by atoms with van der Waals surface area (Å²) >= 11 is 0. The number of amides is 1. The second kappa shape index (κ2) is 7.54. The molecule has 0 saturated heterocycles. The molecular formula is C22H25F2NO4. The van der Waals surface area contributed by atoms with E-state index in [0.717, 1.165) is 6.07 Å². The summed E-state index contributed by atoms with van der Waals surface area (Å²) in [5.41, 5.74) is -0.0863. The molecule has 156 valence electrons. The van der Waals surface area contributed by atoms with E-state index in [9.17, 15) is 13.6 Å². The highest BCUT2D eigenvalue weighted by molar-refractivity contribution is 5.95. The van der Waals surface area contributed by atoms with Crippen molar-refractivity contribution < 1.29 is 27.8 Å². The van der Waals surface area contributed by atoms with Crippen LogP contribution in [0.15, 0.2) is 30.3 Å². The van der Waals surface area contributed by atoms with Crippen molar-refractivity contribution in [2.24, 2.45) is 5.41 Å². The van der Waals surface area contributed by atoms with Crippen LogP contribution in [0.3, 0.4) is 0 Å². The summed E-state index contributed by atoms with van der Waals surface area (Å²) in [5, 5.41) is 2.89. The molecule has 7 heteroatoms. The monoisotopic (exact) mass is 405 g/mol. The Morgan fingerprint density at radius 1 is 1.03 bits per heavy atom. The molecule has 1 atom stereocenters. The quantitative estimate of drug-likeness (QED) is 0.754. The van der Waals surface area contributed by atoms with Crippen molar-refractivity contribution in [1.29, 1.82) is 0 Å². The third-order valence-electron chi connectivity index (χ3n) is 5.84. The number of hydrogen-bond acceptors (Lipinski definition) is 4. The van der Waals surface area contributed by atoms with Crippen molar-refractivity contribution >= 4 is 5.91 Å². The molecule has 0 heterocycles. The van der Waals surface area contributed by atoms with E-state index >= 15 is 0 Å². The largest absolute Gasteiger partial charge is 0.493 e. The first kappa shape index (κ1) is 20.9. The van der Waals surface area contributed by atoms with Crippen molar-refractivity contribution in [1.82, 2.24) is 5.32 Å². The normalized spacial score (nSPS) is 19.4. The molecule has 1 amide bonds. The second-order valence-electron chi connectivity index (χ2n) is 7.86. The van der Waals surface area contributed by atoms with Gasteiger partial charge in [-0.2, -0.15) is 0 Å². The fraction of sp³-hybridized carbons (Fsp3) is 0.409. The zero-order chi connectivity index (χ0) is 21.4. The average Bonchev–Trinajstić information content (AvgIpc) is 3.26. The van der Waals surface area contributed by atoms with Gasteiger partial charge in [0.25, 0.3) is 5.91 Å². The molecule has 1 aliphatic rings. The molecule has 0 radical (unpaired) electrons. The smallest absolute Gasteiger partial charge is 0.251 e. The summed E-state index contributed by atoms with van der Waals surface area (Å²) in [6, 6.07) is 6.70. The van der Waals surface area contributed by atoms with E-state index in [1.165, 1.54) is 33.5 Å². The van der Waals surface area contributed by atoms with E-state index < -0.39 is 17.0 Å². The predicted molar refractivity (Wildman–Crippen MR) is 105 cm³/mol. The van der Waals surface area contributed by atoms with E-state index in [1.807, 2.05) is 13.8 Å². The van der Waals surface area contributed by atoms with Crippen molar-refractivity contribution in [3.63, 3.8) is 0 Å². The Hall–Kier alpha value is -2.83. The number of methoxy groups -OCH3 is 3. The van der Waals surface area contributed by atoms with Gasteiger partial charge < -0.3 is 19.5 Å². The molecule has 1 fully saturated rings. The Labute approximate surface area is 169 Å². The van der Waals surface area contributed by atoms with Gasteiger partial charge in [-0.15, -0.1) is 0 Å². The summed E-state index contributed by atoms with van der Waals surface area (Å²) in [4.78, 5) is 12.8. The molecule has 2 aromatic rings. The van der Waals surface area contributed by atoms with Crippen LogP contribution in [0.25, 0.3) is 0 Å². The van der Waals surface area contributed by atoms with Gasteiger partial charge in [0.2, 0.25) is 5.75 Å². The van der Waals surface area contributed by atoms with Crippen LogP contribution in [0.2, 0.25) is 0 Å². The lowest BCUT2D eigenvalue weighted by Crippen LogP contribution is -2.35. The molecule has 2 aromatic carbocycles. The molecule has 1 unspecified atom stereocenters. The maximum Gasteiger partial charge on any atom is 0.251 e. The zero-order valence-corrected chi connectivity index (χ0v) is 17.2. The summed E-state index contributed by atoms with van der Waals surface area (Å²) in [7, 11) is 4.42. The number of hydrogen-bond donors (Lipinski definition) is 1. The van der Waals surface area contributed by atoms with Crippen LogP contribution in [0.1, 0.15) is 36.2 Å². The highest BCUT2D eigenvalue weighted by atomic mass is 19.1. The van der Waals surface area contributed by atoms with E-state index in [0.29, 0.717) is 34.8 Å². The second-order valence-corrected chi connectivity index (χ2v) is 7.86. The molecule has 5 nitrogen and oxygen atoms in total. The molecule has 0 aromatic heterocycles. The lowest BCUT2D eigenvalue weighted by molar-refractivity contribution is 0.0946. The summed E-state index contributed by atoms with van der Waals surface area (Å²) in [6.45, 7) is 4.22. The summed E-state index contributed by atoms with van der Waals surface area (Å²) in [6.07, 6.45) is 0.679. The minimum absolute atomic E-state index is 0.220. The topological polar surface area (TPSA) is 56.8 Å². The molecule has 29 heavy (non-hydrogen) atoms. The van der Waals surface area contributed by atoms with Gasteiger partial charge in [-0.1, -0.05) is 19.9 Å². The van der Waals surface area contributed by atoms with Crippen LogP contribution >= 0.6 is 0 Å². The predicted octanol–water partition coefficient (Wildman–Crippen LogP) is 4.09. The fourth-order valence-corrected chi connectivity index (χ4v) is 3.99. The summed E-state index contributed by atoms with van der Waals surface area (Å²) < 4.78 is 43.6. The van der Waals surface area contributed by atoms with E-state index in [4.69, 9.17) is 14.2 Å². The van der Waals surface area contributed by atoms with Crippen molar-refractivity contribution in [2.75, 3.05) is 27.9 Å². The number of rotatable bonds is 7. The number of halogens is 2. The first-order valence-corrected chi connectivity index (χ1v) is 9.23. The third kappa shape index (κ3) is 3.61. The van der Waals surface area contributed by atoms with Crippen LogP contribution in [-0.2, 0) is 5.41 Å². The Kier molecular flexibility index (Phi) is 5.43. The maximum atomic E-state index is 14.5. The van der Waals surface area contributed by atoms with Gasteiger partial charge in [-0.25, -0.2) is 8.78 Å². The summed E-state index contributed by atoms with van der Waals surface area (Å²) in [5.74, 6) is -0.460. The van der Waals surface area contributed by atoms with Crippen LogP contribution in [0.5, 0.6) is 17.2 Å². The van der Waals surface area contributed by atoms with E-state index in [1.54, 1.807) is 12.1 Å². The van der Waals surface area contributed by atoms with E-state index in [-0.39, 0.29) is 17.9 Å². The van der Waals surface area contributed by atoms with Crippen LogP contribution < -0.4 is 19.5 Å². The molecule has 3 rings (SSSR count). The molecule has 1 N–H and O–H groups in total. The van der Waals surface area contributed by atoms with Gasteiger partial charge in [-0.05, 0) is 35.6 Å². The van der Waals surface area contributed by atoms with Crippen molar-refractivity contribution in [3.05, 3.63) is 53.1 Å². The van der Waals surface area contributed by atoms with Gasteiger partial charge in [0, 0.05) is 23.6 Å². The molecule has 1 saturated carbocycles. The zero-order valence-electron chi connectivity index (χ0n) is 17.2. The number of ether oxygens (including phenoxy) is 3. The highest BCUT2D eigenvalue weighted by Gasteiger charge is 2.62. The molecule has 1 aliphatic carbocycles. The lowest BCUT2D eigenvalue weighted by Gasteiger charge is -2.23. The Morgan fingerprint density at radius 3 is 2.07 bits per heavy atom. The standard InChI is InChI=1S/C22H25F2NO4/c1-21(2)11-22(21,15-7-6-14(23)10-16(15)24)12-25-20(26)13-8-17(27-3)19(29-5)18(9-13)28-4/h6-10H,11-12H2,1-5H3,(H,25,26). The van der Waals surface area contributed by atoms with Gasteiger partial charge in [-0.3, -0.25) is 4.79 Å². The van der Waals surface area contributed by atoms with Gasteiger partial charge in [0.15, 0.2) is 11.5 Å². The Morgan fingerprint density at radius 2 is 1.62 bits per heavy atom. The van der Waals surface area contributed by atoms with Crippen molar-refractivity contribution in [2.45, 2.75) is 25.7 Å². The average molecular weight is 405 g/mol. The van der Waals surface area contributed by atoms with Gasteiger partial charge >= 0.3 is 0 Å². The van der Waals surface area contributed by atoms with Crippen LogP contribution in [0.4, 0.5) is 8.78 Å². The lowest BCUT2D eigenvalue weighted by atomic mass is 9.87. The fourth-order valence-electron chi connectivity index (χ4n) is 3.99. The number of nitrogens with one attached hydrogen (secondary N) is 1. The molecule has 0 bridgehead atoms. The number of carbonyl (C=O) groups excluding carboxylic acids is 1. The van der Waals surface area contributed by atoms with Crippen molar-refractivity contribution in [3.8, 4) is 17.2 Å². The highest BCUT2D eigenvalue weighted by Crippen LogP contribution is 2.64. The minimum Gasteiger partial charge on any atom is -0.493 e. The molecule has 0 spiro atoms. The van der Waals surface area contributed by atoms with Crippen LogP contribution in [-0.4, -0.2) is 33.8 Å². The van der Waals surface area contributed by atoms with Gasteiger partial charge in [0.1, 0.15) is 11.6 Å². The Bertz CT molecular complexity index is 919. The first-order chi connectivity index (χ1) is 13.7. The number of carbonyl (C=O) groups is 1. The van der Waals surface area contributed by atoms with Gasteiger partial charge in [0.05, 0.1) is 21.3 Å². The van der Waals surface area contributed by atoms with Crippen LogP contribution in [0, 0.1) is 17.0 Å². The SMILES string of the molecule is COc1cc(C(=O)NCC2(c3ccc(F)cc3F)CC2(C)C)cc(OC)c1OC. The maximum absolute atomic E-state index is 14.5. The minimum atomic E-state index is -0.624. The molecule has 0 aliphatic heterocycles. The first-order valence-electron chi connectivity index (χ1n) is 9.23. The number of benzene rings is 2. The Balaban J connectivity index is 1.86. The van der Waals surface area contributed by atoms with E-state index in [2.05, 4.69) is 5.32 Å². The third-order valence-corrected chi connectivity index (χ3v) is 5.84. The molecular weight excluding hydrogens is 380 g/mol.